The number of hydrogen-bond donors (Lipinski definition) is 3. The molecule has 3 aromatic rings. The van der Waals surface area contributed by atoms with E-state index < -0.39 is 23.0 Å². The van der Waals surface area contributed by atoms with Gasteiger partial charge in [-0.1, -0.05) is 41.4 Å². The molecular formula is C21H19ClN4O4. The molecule has 30 heavy (non-hydrogen) atoms. The maximum Gasteiger partial charge on any atom is 0.335 e. The number of H-pyrrole nitrogens is 1. The van der Waals surface area contributed by atoms with Gasteiger partial charge in [0.05, 0.1) is 22.5 Å². The molecule has 8 nitrogen and oxygen atoms in total. The number of rotatable bonds is 4. The third kappa shape index (κ3) is 4.04. The Hall–Kier alpha value is -3.65. The predicted molar refractivity (Wildman–Crippen MR) is 115 cm³/mol. The first kappa shape index (κ1) is 21.1. The van der Waals surface area contributed by atoms with Gasteiger partial charge in [0.2, 0.25) is 5.88 Å². The van der Waals surface area contributed by atoms with Gasteiger partial charge in [-0.3, -0.25) is 14.6 Å². The highest BCUT2D eigenvalue weighted by atomic mass is 35.5. The molecule has 0 spiro atoms. The fraction of sp³-hybridized carbons (Fsp3) is 0.143. The number of carbonyl (C=O) groups is 1. The van der Waals surface area contributed by atoms with Crippen molar-refractivity contribution in [2.75, 3.05) is 0 Å². The molecule has 1 heterocycles. The monoisotopic (exact) mass is 426 g/mol. The van der Waals surface area contributed by atoms with Gasteiger partial charge < -0.3 is 5.11 Å². The van der Waals surface area contributed by atoms with Gasteiger partial charge in [-0.15, -0.1) is 0 Å². The van der Waals surface area contributed by atoms with Crippen molar-refractivity contribution >= 4 is 23.7 Å². The summed E-state index contributed by atoms with van der Waals surface area (Å²) in [7, 11) is 0. The van der Waals surface area contributed by atoms with Crippen LogP contribution in [-0.2, 0) is 0 Å². The molecule has 0 aliphatic carbocycles. The lowest BCUT2D eigenvalue weighted by Gasteiger charge is -2.15. The zero-order chi connectivity index (χ0) is 22.0. The minimum absolute atomic E-state index is 0.199. The van der Waals surface area contributed by atoms with Gasteiger partial charge in [0.1, 0.15) is 5.56 Å². The zero-order valence-corrected chi connectivity index (χ0v) is 17.2. The first-order chi connectivity index (χ1) is 14.2. The maximum absolute atomic E-state index is 12.4. The van der Waals surface area contributed by atoms with Crippen LogP contribution >= 0.6 is 11.6 Å². The first-order valence-corrected chi connectivity index (χ1v) is 9.33. The summed E-state index contributed by atoms with van der Waals surface area (Å²) in [6.45, 7) is 5.51. The van der Waals surface area contributed by atoms with Gasteiger partial charge in [-0.25, -0.2) is 14.8 Å². The molecule has 1 aromatic heterocycles. The van der Waals surface area contributed by atoms with E-state index in [1.807, 2.05) is 19.1 Å². The molecule has 0 radical (unpaired) electrons. The van der Waals surface area contributed by atoms with E-state index in [1.54, 1.807) is 32.0 Å². The summed E-state index contributed by atoms with van der Waals surface area (Å²) >= 11 is 5.97. The number of aromatic amines is 1. The van der Waals surface area contributed by atoms with Crippen LogP contribution in [-0.4, -0.2) is 26.8 Å². The van der Waals surface area contributed by atoms with Crippen molar-refractivity contribution in [2.24, 2.45) is 5.10 Å². The standard InChI is InChI=1S/C21H19ClN4O4/c1-11-8-12(2)17(13(3)9-11)26-20(29)15(18(27)24-21(26)30)10-23-25-19(28)14-6-4-5-7-16(14)22/h4-10,29H,1-3H3,(H,25,28)(H,24,27,30). The first-order valence-electron chi connectivity index (χ1n) is 8.95. The molecule has 0 saturated carbocycles. The lowest BCUT2D eigenvalue weighted by molar-refractivity contribution is 0.0955. The van der Waals surface area contributed by atoms with E-state index in [0.29, 0.717) is 5.69 Å². The largest absolute Gasteiger partial charge is 0.493 e. The van der Waals surface area contributed by atoms with Gasteiger partial charge >= 0.3 is 5.69 Å². The minimum Gasteiger partial charge on any atom is -0.493 e. The topological polar surface area (TPSA) is 117 Å². The zero-order valence-electron chi connectivity index (χ0n) is 16.5. The lowest BCUT2D eigenvalue weighted by atomic mass is 10.0. The lowest BCUT2D eigenvalue weighted by Crippen LogP contribution is -2.32. The van der Waals surface area contributed by atoms with E-state index in [-0.39, 0.29) is 16.1 Å². The number of nitrogens with one attached hydrogen (secondary N) is 2. The van der Waals surface area contributed by atoms with Crippen LogP contribution in [0.2, 0.25) is 5.02 Å². The molecule has 0 aliphatic heterocycles. The van der Waals surface area contributed by atoms with Gasteiger partial charge in [0, 0.05) is 0 Å². The van der Waals surface area contributed by atoms with Crippen LogP contribution in [0, 0.1) is 20.8 Å². The van der Waals surface area contributed by atoms with Crippen molar-refractivity contribution in [1.82, 2.24) is 15.0 Å². The van der Waals surface area contributed by atoms with Crippen molar-refractivity contribution in [3.05, 3.63) is 90.1 Å². The van der Waals surface area contributed by atoms with Crippen molar-refractivity contribution in [3.63, 3.8) is 0 Å². The van der Waals surface area contributed by atoms with Crippen LogP contribution in [0.5, 0.6) is 5.88 Å². The van der Waals surface area contributed by atoms with Gasteiger partial charge in [-0.05, 0) is 44.0 Å². The summed E-state index contributed by atoms with van der Waals surface area (Å²) in [4.78, 5) is 39.0. The van der Waals surface area contributed by atoms with E-state index in [0.717, 1.165) is 27.5 Å². The number of benzene rings is 2. The average molecular weight is 427 g/mol. The highest BCUT2D eigenvalue weighted by molar-refractivity contribution is 6.33. The molecule has 0 aliphatic rings. The molecular weight excluding hydrogens is 408 g/mol. The minimum atomic E-state index is -0.841. The second-order valence-corrected chi connectivity index (χ2v) is 7.17. The Labute approximate surface area is 176 Å². The summed E-state index contributed by atoms with van der Waals surface area (Å²) < 4.78 is 1.00. The summed E-state index contributed by atoms with van der Waals surface area (Å²) in [5.74, 6) is -1.18. The number of aromatic nitrogens is 2. The molecule has 3 rings (SSSR count). The van der Waals surface area contributed by atoms with Gasteiger partial charge in [0.25, 0.3) is 11.5 Å². The van der Waals surface area contributed by atoms with E-state index in [1.165, 1.54) is 6.07 Å². The SMILES string of the molecule is Cc1cc(C)c(-n2c(O)c(C=NNC(=O)c3ccccc3Cl)c(=O)[nH]c2=O)c(C)c1. The quantitative estimate of drug-likeness (QED) is 0.439. The van der Waals surface area contributed by atoms with Crippen molar-refractivity contribution in [1.29, 1.82) is 0 Å². The summed E-state index contributed by atoms with van der Waals surface area (Å²) in [5, 5.41) is 14.6. The second-order valence-electron chi connectivity index (χ2n) is 6.76. The highest BCUT2D eigenvalue weighted by Gasteiger charge is 2.18. The maximum atomic E-state index is 12.4. The second kappa shape index (κ2) is 8.38. The fourth-order valence-corrected chi connectivity index (χ4v) is 3.47. The van der Waals surface area contributed by atoms with Gasteiger partial charge in [0.15, 0.2) is 0 Å². The molecule has 154 valence electrons. The Kier molecular flexibility index (Phi) is 5.89. The number of hydrogen-bond acceptors (Lipinski definition) is 5. The highest BCUT2D eigenvalue weighted by Crippen LogP contribution is 2.23. The van der Waals surface area contributed by atoms with Gasteiger partial charge in [-0.2, -0.15) is 5.10 Å². The molecule has 2 aromatic carbocycles. The molecule has 1 amide bonds. The van der Waals surface area contributed by atoms with Crippen LogP contribution in [0.1, 0.15) is 32.6 Å². The summed E-state index contributed by atoms with van der Waals surface area (Å²) in [6.07, 6.45) is 0.970. The molecule has 9 heteroatoms. The Morgan fingerprint density at radius 2 is 1.80 bits per heavy atom. The number of hydrazone groups is 1. The third-order valence-corrected chi connectivity index (χ3v) is 4.79. The summed E-state index contributed by atoms with van der Waals surface area (Å²) in [5.41, 5.74) is 3.46. The van der Waals surface area contributed by atoms with E-state index >= 15 is 0 Å². The van der Waals surface area contributed by atoms with Crippen LogP contribution in [0.4, 0.5) is 0 Å². The number of aromatic hydroxyl groups is 1. The predicted octanol–water partition coefficient (Wildman–Crippen LogP) is 2.57. The number of nitrogens with zero attached hydrogens (tertiary/aromatic N) is 2. The normalized spacial score (nSPS) is 11.1. The van der Waals surface area contributed by atoms with Crippen LogP contribution in [0.15, 0.2) is 51.1 Å². The van der Waals surface area contributed by atoms with Crippen LogP contribution in [0.3, 0.4) is 0 Å². The smallest absolute Gasteiger partial charge is 0.335 e. The average Bonchev–Trinajstić information content (AvgIpc) is 2.66. The molecule has 3 N–H and O–H groups in total. The number of carbonyl (C=O) groups excluding carboxylic acids is 1. The Balaban J connectivity index is 2.02. The Bertz CT molecular complexity index is 1270. The summed E-state index contributed by atoms with van der Waals surface area (Å²) in [6, 6.07) is 10.1. The molecule has 0 fully saturated rings. The van der Waals surface area contributed by atoms with Crippen molar-refractivity contribution in [2.45, 2.75) is 20.8 Å². The molecule has 0 bridgehead atoms. The Morgan fingerprint density at radius 3 is 2.43 bits per heavy atom. The van der Waals surface area contributed by atoms with E-state index in [2.05, 4.69) is 15.5 Å². The molecule has 0 unspecified atom stereocenters. The number of halogens is 1. The fourth-order valence-electron chi connectivity index (χ4n) is 3.25. The van der Waals surface area contributed by atoms with E-state index in [9.17, 15) is 19.5 Å². The molecule has 0 saturated heterocycles. The number of amides is 1. The molecule has 0 atom stereocenters. The number of aryl methyl sites for hydroxylation is 3. The van der Waals surface area contributed by atoms with Crippen LogP contribution < -0.4 is 16.7 Å². The van der Waals surface area contributed by atoms with Crippen LogP contribution in [0.25, 0.3) is 5.69 Å². The van der Waals surface area contributed by atoms with Crippen molar-refractivity contribution < 1.29 is 9.90 Å². The van der Waals surface area contributed by atoms with E-state index in [4.69, 9.17) is 11.6 Å². The van der Waals surface area contributed by atoms with Crippen molar-refractivity contribution in [3.8, 4) is 11.6 Å². The Morgan fingerprint density at radius 1 is 1.17 bits per heavy atom. The third-order valence-electron chi connectivity index (χ3n) is 4.46.